The van der Waals surface area contributed by atoms with Crippen LogP contribution >= 0.6 is 11.8 Å². The molecule has 0 N–H and O–H groups in total. The van der Waals surface area contributed by atoms with Gasteiger partial charge in [-0.25, -0.2) is 0 Å². The lowest BCUT2D eigenvalue weighted by Gasteiger charge is -2.20. The van der Waals surface area contributed by atoms with Crippen molar-refractivity contribution in [1.82, 2.24) is 15.0 Å². The van der Waals surface area contributed by atoms with Gasteiger partial charge in [-0.3, -0.25) is 4.79 Å². The van der Waals surface area contributed by atoms with Crippen molar-refractivity contribution in [2.75, 3.05) is 12.8 Å². The van der Waals surface area contributed by atoms with Gasteiger partial charge in [0.15, 0.2) is 5.82 Å². The molecule has 1 aliphatic heterocycles. The van der Waals surface area contributed by atoms with Crippen molar-refractivity contribution in [3.8, 4) is 0 Å². The Labute approximate surface area is 105 Å². The highest BCUT2D eigenvalue weighted by molar-refractivity contribution is 7.97. The van der Waals surface area contributed by atoms with Gasteiger partial charge in [0.2, 0.25) is 11.8 Å². The highest BCUT2D eigenvalue weighted by Crippen LogP contribution is 2.28. The Hall–Kier alpha value is -1.04. The first-order valence-electron chi connectivity index (χ1n) is 5.72. The van der Waals surface area contributed by atoms with Crippen LogP contribution < -0.4 is 0 Å². The minimum atomic E-state index is 0.0630. The summed E-state index contributed by atoms with van der Waals surface area (Å²) >= 11 is 1.65. The summed E-state index contributed by atoms with van der Waals surface area (Å²) in [6.07, 6.45) is 2.48. The van der Waals surface area contributed by atoms with E-state index in [1.807, 2.05) is 25.0 Å². The zero-order valence-electron chi connectivity index (χ0n) is 10.3. The molecule has 5 nitrogen and oxygen atoms in total. The molecule has 0 radical (unpaired) electrons. The van der Waals surface area contributed by atoms with Crippen molar-refractivity contribution in [3.63, 3.8) is 0 Å². The van der Waals surface area contributed by atoms with Gasteiger partial charge < -0.3 is 9.42 Å². The lowest BCUT2D eigenvalue weighted by Crippen LogP contribution is -2.31. The van der Waals surface area contributed by atoms with Gasteiger partial charge in [0.25, 0.3) is 0 Å². The van der Waals surface area contributed by atoms with Crippen molar-refractivity contribution in [2.45, 2.75) is 38.0 Å². The fourth-order valence-electron chi connectivity index (χ4n) is 2.02. The first kappa shape index (κ1) is 12.4. The second-order valence-corrected chi connectivity index (χ2v) is 5.39. The molecule has 1 aromatic heterocycles. The largest absolute Gasteiger partial charge is 0.339 e. The van der Waals surface area contributed by atoms with Crippen LogP contribution in [0.1, 0.15) is 37.9 Å². The molecule has 0 spiro atoms. The summed E-state index contributed by atoms with van der Waals surface area (Å²) in [6, 6.07) is 0.237. The summed E-state index contributed by atoms with van der Waals surface area (Å²) in [5.41, 5.74) is 0. The minimum Gasteiger partial charge on any atom is -0.339 e. The van der Waals surface area contributed by atoms with Gasteiger partial charge >= 0.3 is 0 Å². The number of rotatable bonds is 4. The van der Waals surface area contributed by atoms with Crippen LogP contribution in [-0.2, 0) is 10.5 Å². The standard InChI is InChI=1S/C11H17N3O2S/c1-7(2)14-5-8(4-10(14)15)11-12-9(6-17-3)13-16-11/h7-8H,4-6H2,1-3H3/t8-/m1/s1. The summed E-state index contributed by atoms with van der Waals surface area (Å²) in [7, 11) is 0. The monoisotopic (exact) mass is 255 g/mol. The Morgan fingerprint density at radius 3 is 2.94 bits per heavy atom. The number of thioether (sulfide) groups is 1. The van der Waals surface area contributed by atoms with Crippen LogP contribution in [-0.4, -0.2) is 39.8 Å². The maximum Gasteiger partial charge on any atom is 0.232 e. The summed E-state index contributed by atoms with van der Waals surface area (Å²) in [5.74, 6) is 2.30. The maximum atomic E-state index is 11.8. The Bertz CT molecular complexity index is 405. The van der Waals surface area contributed by atoms with Crippen LogP contribution in [0.3, 0.4) is 0 Å². The predicted octanol–water partition coefficient (Wildman–Crippen LogP) is 1.66. The van der Waals surface area contributed by atoms with Gasteiger partial charge in [0.05, 0.1) is 11.7 Å². The van der Waals surface area contributed by atoms with Crippen LogP contribution in [0.4, 0.5) is 0 Å². The zero-order chi connectivity index (χ0) is 12.4. The van der Waals surface area contributed by atoms with Gasteiger partial charge in [-0.15, -0.1) is 0 Å². The molecule has 2 heterocycles. The molecule has 1 atom stereocenters. The molecule has 0 aliphatic carbocycles. The third-order valence-electron chi connectivity index (χ3n) is 2.89. The number of aromatic nitrogens is 2. The molecule has 0 saturated carbocycles. The number of hydrogen-bond acceptors (Lipinski definition) is 5. The molecule has 1 aromatic rings. The van der Waals surface area contributed by atoms with Crippen LogP contribution in [0.5, 0.6) is 0 Å². The summed E-state index contributed by atoms with van der Waals surface area (Å²) in [4.78, 5) is 18.0. The van der Waals surface area contributed by atoms with E-state index in [1.54, 1.807) is 11.8 Å². The van der Waals surface area contributed by atoms with Gasteiger partial charge in [-0.1, -0.05) is 5.16 Å². The Kier molecular flexibility index (Phi) is 3.71. The number of likely N-dealkylation sites (tertiary alicyclic amines) is 1. The lowest BCUT2D eigenvalue weighted by molar-refractivity contribution is -0.129. The zero-order valence-corrected chi connectivity index (χ0v) is 11.2. The average molecular weight is 255 g/mol. The van der Waals surface area contributed by atoms with Crippen LogP contribution in [0.2, 0.25) is 0 Å². The molecule has 2 rings (SSSR count). The average Bonchev–Trinajstić information content (AvgIpc) is 2.85. The Morgan fingerprint density at radius 1 is 1.59 bits per heavy atom. The van der Waals surface area contributed by atoms with Crippen molar-refractivity contribution in [3.05, 3.63) is 11.7 Å². The fraction of sp³-hybridized carbons (Fsp3) is 0.727. The Balaban J connectivity index is 2.06. The first-order chi connectivity index (χ1) is 8.11. The highest BCUT2D eigenvalue weighted by Gasteiger charge is 2.35. The van der Waals surface area contributed by atoms with Gasteiger partial charge in [-0.2, -0.15) is 16.7 Å². The van der Waals surface area contributed by atoms with Crippen molar-refractivity contribution in [1.29, 1.82) is 0 Å². The molecule has 1 aliphatic rings. The van der Waals surface area contributed by atoms with Crippen LogP contribution in [0.25, 0.3) is 0 Å². The van der Waals surface area contributed by atoms with E-state index >= 15 is 0 Å². The molecule has 0 aromatic carbocycles. The molecular formula is C11H17N3O2S. The second-order valence-electron chi connectivity index (χ2n) is 4.52. The van der Waals surface area contributed by atoms with E-state index < -0.39 is 0 Å². The van der Waals surface area contributed by atoms with Gasteiger partial charge in [0.1, 0.15) is 0 Å². The summed E-state index contributed by atoms with van der Waals surface area (Å²) < 4.78 is 5.22. The van der Waals surface area contributed by atoms with Crippen molar-refractivity contribution >= 4 is 17.7 Å². The van der Waals surface area contributed by atoms with E-state index in [0.717, 1.165) is 5.75 Å². The minimum absolute atomic E-state index is 0.0630. The Morgan fingerprint density at radius 2 is 2.35 bits per heavy atom. The van der Waals surface area contributed by atoms with E-state index in [2.05, 4.69) is 10.1 Å². The lowest BCUT2D eigenvalue weighted by atomic mass is 10.1. The topological polar surface area (TPSA) is 59.2 Å². The molecule has 1 fully saturated rings. The van der Waals surface area contributed by atoms with E-state index in [9.17, 15) is 4.79 Å². The normalized spacial score (nSPS) is 20.6. The molecule has 0 unspecified atom stereocenters. The van der Waals surface area contributed by atoms with E-state index in [4.69, 9.17) is 4.52 Å². The highest BCUT2D eigenvalue weighted by atomic mass is 32.2. The smallest absolute Gasteiger partial charge is 0.232 e. The molecule has 17 heavy (non-hydrogen) atoms. The number of carbonyl (C=O) groups is 1. The van der Waals surface area contributed by atoms with Gasteiger partial charge in [-0.05, 0) is 20.1 Å². The maximum absolute atomic E-state index is 11.8. The third-order valence-corrected chi connectivity index (χ3v) is 3.44. The molecule has 94 valence electrons. The third kappa shape index (κ3) is 2.62. The fourth-order valence-corrected chi connectivity index (χ4v) is 2.39. The summed E-state index contributed by atoms with van der Waals surface area (Å²) in [6.45, 7) is 4.73. The molecule has 6 heteroatoms. The quantitative estimate of drug-likeness (QED) is 0.819. The molecular weight excluding hydrogens is 238 g/mol. The van der Waals surface area contributed by atoms with Crippen LogP contribution in [0.15, 0.2) is 4.52 Å². The van der Waals surface area contributed by atoms with E-state index in [-0.39, 0.29) is 17.9 Å². The first-order valence-corrected chi connectivity index (χ1v) is 7.12. The number of carbonyl (C=O) groups excluding carboxylic acids is 1. The second kappa shape index (κ2) is 5.08. The number of amides is 1. The molecule has 1 amide bonds. The number of nitrogens with zero attached hydrogens (tertiary/aromatic N) is 3. The van der Waals surface area contributed by atoms with E-state index in [0.29, 0.717) is 24.7 Å². The number of hydrogen-bond donors (Lipinski definition) is 0. The molecule has 0 bridgehead atoms. The summed E-state index contributed by atoms with van der Waals surface area (Å²) in [5, 5.41) is 3.91. The van der Waals surface area contributed by atoms with Crippen LogP contribution in [0, 0.1) is 0 Å². The predicted molar refractivity (Wildman–Crippen MR) is 65.7 cm³/mol. The van der Waals surface area contributed by atoms with E-state index in [1.165, 1.54) is 0 Å². The molecule has 1 saturated heterocycles. The SMILES string of the molecule is CSCc1noc([C@@H]2CC(=O)N(C(C)C)C2)n1. The van der Waals surface area contributed by atoms with Crippen molar-refractivity contribution in [2.24, 2.45) is 0 Å². The van der Waals surface area contributed by atoms with Crippen molar-refractivity contribution < 1.29 is 9.32 Å². The van der Waals surface area contributed by atoms with Gasteiger partial charge in [0, 0.05) is 19.0 Å².